The van der Waals surface area contributed by atoms with Crippen LogP contribution in [0.3, 0.4) is 0 Å². The highest BCUT2D eigenvalue weighted by Gasteiger charge is 1.92. The fourth-order valence-corrected chi connectivity index (χ4v) is 2.07. The Balaban J connectivity index is 1.93. The summed E-state index contributed by atoms with van der Waals surface area (Å²) in [5.74, 6) is 0. The summed E-state index contributed by atoms with van der Waals surface area (Å²) >= 11 is 0. The van der Waals surface area contributed by atoms with E-state index in [1.54, 1.807) is 0 Å². The van der Waals surface area contributed by atoms with Crippen molar-refractivity contribution >= 4 is 22.9 Å². The summed E-state index contributed by atoms with van der Waals surface area (Å²) in [6.07, 6.45) is 4.30. The second-order valence-electron chi connectivity index (χ2n) is 4.35. The van der Waals surface area contributed by atoms with Crippen LogP contribution in [0.2, 0.25) is 0 Å². The van der Waals surface area contributed by atoms with Gasteiger partial charge in [-0.15, -0.1) is 0 Å². The van der Waals surface area contributed by atoms with Crippen molar-refractivity contribution in [2.45, 2.75) is 0 Å². The Kier molecular flexibility index (Phi) is 2.93. The third-order valence-electron chi connectivity index (χ3n) is 3.04. The molecule has 86 valence electrons. The van der Waals surface area contributed by atoms with Gasteiger partial charge in [0, 0.05) is 0 Å². The van der Waals surface area contributed by atoms with Crippen molar-refractivity contribution in [2.24, 2.45) is 0 Å². The van der Waals surface area contributed by atoms with E-state index in [1.165, 1.54) is 21.9 Å². The first kappa shape index (κ1) is 10.8. The number of hydrogen-bond acceptors (Lipinski definition) is 0. The van der Waals surface area contributed by atoms with E-state index in [4.69, 9.17) is 0 Å². The number of fused-ring (bicyclic) bond motifs is 1. The van der Waals surface area contributed by atoms with E-state index in [9.17, 15) is 0 Å². The fourth-order valence-electron chi connectivity index (χ4n) is 2.07. The van der Waals surface area contributed by atoms with E-state index in [-0.39, 0.29) is 0 Å². The van der Waals surface area contributed by atoms with Crippen molar-refractivity contribution in [1.82, 2.24) is 0 Å². The zero-order chi connectivity index (χ0) is 12.2. The van der Waals surface area contributed by atoms with Gasteiger partial charge in [0.05, 0.1) is 0 Å². The minimum Gasteiger partial charge on any atom is -0.0622 e. The molecule has 0 unspecified atom stereocenters. The van der Waals surface area contributed by atoms with Crippen LogP contribution in [0.15, 0.2) is 72.8 Å². The molecular formula is C18H14. The largest absolute Gasteiger partial charge is 0.0622 e. The van der Waals surface area contributed by atoms with Gasteiger partial charge in [0.1, 0.15) is 0 Å². The highest BCUT2D eigenvalue weighted by molar-refractivity contribution is 5.85. The Hall–Kier alpha value is -2.34. The van der Waals surface area contributed by atoms with Crippen molar-refractivity contribution < 1.29 is 0 Å². The van der Waals surface area contributed by atoms with Crippen LogP contribution in [-0.4, -0.2) is 0 Å². The van der Waals surface area contributed by atoms with Crippen LogP contribution in [0.5, 0.6) is 0 Å². The zero-order valence-corrected chi connectivity index (χ0v) is 10.1. The Morgan fingerprint density at radius 3 is 2.00 bits per heavy atom. The quantitative estimate of drug-likeness (QED) is 0.543. The maximum atomic E-state index is 2.22. The van der Waals surface area contributed by atoms with E-state index >= 15 is 0 Å². The summed E-state index contributed by atoms with van der Waals surface area (Å²) in [5, 5.41) is 2.57. The summed E-state index contributed by atoms with van der Waals surface area (Å²) < 4.78 is 0. The first-order valence-electron chi connectivity index (χ1n) is 6.14. The first-order chi connectivity index (χ1) is 8.92. The van der Waals surface area contributed by atoms with Crippen LogP contribution in [0, 0.1) is 0 Å². The Morgan fingerprint density at radius 1 is 0.500 bits per heavy atom. The fraction of sp³-hybridized carbons (Fsp3) is 0. The molecule has 0 aromatic heterocycles. The molecule has 0 radical (unpaired) electrons. The molecule has 0 saturated carbocycles. The summed E-state index contributed by atoms with van der Waals surface area (Å²) in [7, 11) is 0. The van der Waals surface area contributed by atoms with E-state index in [1.807, 2.05) is 6.07 Å². The lowest BCUT2D eigenvalue weighted by atomic mass is 10.1. The molecule has 18 heavy (non-hydrogen) atoms. The third kappa shape index (κ3) is 2.33. The number of hydrogen-bond donors (Lipinski definition) is 0. The molecule has 0 aliphatic carbocycles. The topological polar surface area (TPSA) is 0 Å². The minimum atomic E-state index is 1.23. The summed E-state index contributed by atoms with van der Waals surface area (Å²) in [4.78, 5) is 0. The summed E-state index contributed by atoms with van der Waals surface area (Å²) in [6, 6.07) is 25.3. The maximum absolute atomic E-state index is 2.22. The van der Waals surface area contributed by atoms with E-state index in [0.717, 1.165) is 0 Å². The lowest BCUT2D eigenvalue weighted by molar-refractivity contribution is 1.66. The van der Waals surface area contributed by atoms with E-state index < -0.39 is 0 Å². The van der Waals surface area contributed by atoms with Crippen LogP contribution >= 0.6 is 0 Å². The predicted molar refractivity (Wildman–Crippen MR) is 79.3 cm³/mol. The summed E-state index contributed by atoms with van der Waals surface area (Å²) in [5.41, 5.74) is 2.46. The monoisotopic (exact) mass is 230 g/mol. The van der Waals surface area contributed by atoms with Crippen LogP contribution in [0.25, 0.3) is 22.9 Å². The standard InChI is InChI=1S/C18H14/c1-2-6-15(7-3-1)10-11-16-12-13-17-8-4-5-9-18(17)14-16/h1-14H/b11-10-. The molecule has 0 aliphatic rings. The SMILES string of the molecule is C(=C/c1ccc2ccccc2c1)/c1ccccc1. The molecule has 0 fully saturated rings. The predicted octanol–water partition coefficient (Wildman–Crippen LogP) is 5.01. The van der Waals surface area contributed by atoms with Gasteiger partial charge >= 0.3 is 0 Å². The number of rotatable bonds is 2. The summed E-state index contributed by atoms with van der Waals surface area (Å²) in [6.45, 7) is 0. The highest BCUT2D eigenvalue weighted by atomic mass is 14.0. The molecular weight excluding hydrogens is 216 g/mol. The molecule has 3 rings (SSSR count). The van der Waals surface area contributed by atoms with Crippen molar-refractivity contribution in [3.8, 4) is 0 Å². The van der Waals surface area contributed by atoms with Crippen LogP contribution < -0.4 is 0 Å². The molecule has 0 bridgehead atoms. The molecule has 0 atom stereocenters. The van der Waals surface area contributed by atoms with Gasteiger partial charge in [-0.25, -0.2) is 0 Å². The molecule has 0 heteroatoms. The third-order valence-corrected chi connectivity index (χ3v) is 3.04. The van der Waals surface area contributed by atoms with Crippen LogP contribution in [0.1, 0.15) is 11.1 Å². The molecule has 3 aromatic rings. The van der Waals surface area contributed by atoms with E-state index in [0.29, 0.717) is 0 Å². The molecule has 0 saturated heterocycles. The molecule has 0 aliphatic heterocycles. The first-order valence-corrected chi connectivity index (χ1v) is 6.14. The van der Waals surface area contributed by atoms with Gasteiger partial charge in [-0.2, -0.15) is 0 Å². The second kappa shape index (κ2) is 4.89. The normalized spacial score (nSPS) is 11.1. The molecule has 0 nitrogen and oxygen atoms in total. The smallest absolute Gasteiger partial charge is 0.0178 e. The minimum absolute atomic E-state index is 1.23. The van der Waals surface area contributed by atoms with E-state index in [2.05, 4.69) is 78.9 Å². The van der Waals surface area contributed by atoms with Crippen molar-refractivity contribution in [2.75, 3.05) is 0 Å². The van der Waals surface area contributed by atoms with Gasteiger partial charge in [0.2, 0.25) is 0 Å². The molecule has 3 aromatic carbocycles. The average Bonchev–Trinajstić information content (AvgIpc) is 2.46. The number of benzene rings is 3. The second-order valence-corrected chi connectivity index (χ2v) is 4.35. The Morgan fingerprint density at radius 2 is 1.17 bits per heavy atom. The Labute approximate surface area is 107 Å². The molecule has 0 heterocycles. The lowest BCUT2D eigenvalue weighted by Gasteiger charge is -1.99. The van der Waals surface area contributed by atoms with Crippen molar-refractivity contribution in [3.05, 3.63) is 83.9 Å². The molecule has 0 spiro atoms. The lowest BCUT2D eigenvalue weighted by Crippen LogP contribution is -1.75. The van der Waals surface area contributed by atoms with Crippen LogP contribution in [-0.2, 0) is 0 Å². The van der Waals surface area contributed by atoms with Gasteiger partial charge in [-0.1, -0.05) is 78.9 Å². The van der Waals surface area contributed by atoms with Gasteiger partial charge in [-0.05, 0) is 28.0 Å². The van der Waals surface area contributed by atoms with Crippen LogP contribution in [0.4, 0.5) is 0 Å². The Bertz CT molecular complexity index is 678. The highest BCUT2D eigenvalue weighted by Crippen LogP contribution is 2.17. The maximum Gasteiger partial charge on any atom is -0.0178 e. The molecule has 0 N–H and O–H groups in total. The van der Waals surface area contributed by atoms with Crippen molar-refractivity contribution in [3.63, 3.8) is 0 Å². The van der Waals surface area contributed by atoms with Gasteiger partial charge < -0.3 is 0 Å². The van der Waals surface area contributed by atoms with Crippen molar-refractivity contribution in [1.29, 1.82) is 0 Å². The van der Waals surface area contributed by atoms with Gasteiger partial charge in [0.25, 0.3) is 0 Å². The van der Waals surface area contributed by atoms with Gasteiger partial charge in [-0.3, -0.25) is 0 Å². The molecule has 0 amide bonds. The zero-order valence-electron chi connectivity index (χ0n) is 10.1. The average molecular weight is 230 g/mol. The van der Waals surface area contributed by atoms with Gasteiger partial charge in [0.15, 0.2) is 0 Å².